The van der Waals surface area contributed by atoms with Crippen LogP contribution in [0, 0.1) is 0 Å². The van der Waals surface area contributed by atoms with Crippen molar-refractivity contribution in [2.24, 2.45) is 23.2 Å². The van der Waals surface area contributed by atoms with Gasteiger partial charge in [-0.1, -0.05) is 39.0 Å². The van der Waals surface area contributed by atoms with Gasteiger partial charge in [0.05, 0.1) is 12.2 Å². The number of aromatic nitrogens is 1. The highest BCUT2D eigenvalue weighted by atomic mass is 19.3. The quantitative estimate of drug-likeness (QED) is 0.0835. The van der Waals surface area contributed by atoms with Gasteiger partial charge in [0, 0.05) is 50.7 Å². The smallest absolute Gasteiger partial charge is 0.270 e. The van der Waals surface area contributed by atoms with Crippen LogP contribution >= 0.6 is 0 Å². The fraction of sp³-hybridized carbons (Fsp3) is 0.414. The molecule has 2 rings (SSSR count). The normalized spacial score (nSPS) is 12.6. The molecule has 0 radical (unpaired) electrons. The predicted molar refractivity (Wildman–Crippen MR) is 158 cm³/mol. The summed E-state index contributed by atoms with van der Waals surface area (Å²) < 4.78 is 27.0. The number of halogens is 2. The van der Waals surface area contributed by atoms with Crippen molar-refractivity contribution < 1.29 is 18.4 Å². The molecule has 0 fully saturated rings. The van der Waals surface area contributed by atoms with E-state index in [0.717, 1.165) is 18.2 Å². The van der Waals surface area contributed by atoms with Crippen molar-refractivity contribution in [2.75, 3.05) is 13.1 Å². The molecule has 2 amide bonds. The molecule has 1 heterocycles. The Morgan fingerprint density at radius 2 is 1.40 bits per heavy atom. The molecular formula is C29H43F2N9O2. The Hall–Kier alpha value is -4.23. The van der Waals surface area contributed by atoms with E-state index in [1.54, 1.807) is 12.3 Å². The summed E-state index contributed by atoms with van der Waals surface area (Å²) in [5.41, 5.74) is 13.7. The number of carbonyl (C=O) groups is 2. The molecule has 0 bridgehead atoms. The van der Waals surface area contributed by atoms with E-state index >= 15 is 0 Å². The zero-order chi connectivity index (χ0) is 31.5. The molecule has 1 aromatic heterocycles. The number of hydrazine groups is 2. The molecule has 0 saturated carbocycles. The predicted octanol–water partition coefficient (Wildman–Crippen LogP) is 2.16. The SMILES string of the molecule is CC(C)(C)c1ccnc(CNC(=O)/C(N)=C/N(N)CCCCN(N)/C=C(\N)C(=O)NCc2cccc(C(C)(F)F)c2)c1. The Balaban J connectivity index is 1.72. The minimum absolute atomic E-state index is 0.0319. The second kappa shape index (κ2) is 15.1. The number of benzene rings is 1. The zero-order valence-electron chi connectivity index (χ0n) is 24.7. The number of nitrogens with two attached hydrogens (primary N) is 4. The molecule has 1 aromatic carbocycles. The molecule has 230 valence electrons. The van der Waals surface area contributed by atoms with E-state index in [2.05, 4.69) is 36.4 Å². The molecule has 10 N–H and O–H groups in total. The second-order valence-corrected chi connectivity index (χ2v) is 11.1. The Labute approximate surface area is 245 Å². The Bertz CT molecular complexity index is 1170. The van der Waals surface area contributed by atoms with Gasteiger partial charge in [-0.3, -0.25) is 14.6 Å². The summed E-state index contributed by atoms with van der Waals surface area (Å²) >= 11 is 0. The highest BCUT2D eigenvalue weighted by Crippen LogP contribution is 2.27. The maximum Gasteiger partial charge on any atom is 0.270 e. The molecule has 42 heavy (non-hydrogen) atoms. The van der Waals surface area contributed by atoms with Gasteiger partial charge in [0.1, 0.15) is 11.4 Å². The summed E-state index contributed by atoms with van der Waals surface area (Å²) in [6, 6.07) is 9.68. The van der Waals surface area contributed by atoms with Crippen LogP contribution in [0.15, 0.2) is 66.4 Å². The largest absolute Gasteiger partial charge is 0.393 e. The molecule has 11 nitrogen and oxygen atoms in total. The number of unbranched alkanes of at least 4 members (excludes halogenated alkanes) is 1. The minimum atomic E-state index is -2.98. The van der Waals surface area contributed by atoms with Crippen LogP contribution in [0.2, 0.25) is 0 Å². The van der Waals surface area contributed by atoms with Crippen molar-refractivity contribution in [2.45, 2.75) is 65.0 Å². The highest BCUT2D eigenvalue weighted by Gasteiger charge is 2.24. The summed E-state index contributed by atoms with van der Waals surface area (Å²) in [7, 11) is 0. The monoisotopic (exact) mass is 587 g/mol. The standard InChI is InChI=1S/C29H43F2N9O2/c1-28(2,3)21-10-11-36-23(15-21)17-38-27(42)25(33)19-40(35)13-6-5-12-39(34)18-24(32)26(41)37-16-20-8-7-9-22(14-20)29(4,30)31/h7-11,14-15,18-19H,5-6,12-13,16-17,32-35H2,1-4H3,(H,37,41)(H,38,42)/b24-18-,25-19-. The van der Waals surface area contributed by atoms with Crippen molar-refractivity contribution in [3.8, 4) is 0 Å². The maximum absolute atomic E-state index is 13.5. The molecule has 0 spiro atoms. The lowest BCUT2D eigenvalue weighted by atomic mass is 9.87. The summed E-state index contributed by atoms with van der Waals surface area (Å²) in [4.78, 5) is 28.9. The van der Waals surface area contributed by atoms with Crippen LogP contribution in [0.1, 0.15) is 62.9 Å². The van der Waals surface area contributed by atoms with E-state index in [-0.39, 0.29) is 35.5 Å². The number of alkyl halides is 2. The topological polar surface area (TPSA) is 182 Å². The van der Waals surface area contributed by atoms with E-state index in [9.17, 15) is 18.4 Å². The number of hydrogen-bond donors (Lipinski definition) is 6. The summed E-state index contributed by atoms with van der Waals surface area (Å²) in [6.07, 6.45) is 5.57. The van der Waals surface area contributed by atoms with Crippen molar-refractivity contribution in [1.29, 1.82) is 0 Å². The average Bonchev–Trinajstić information content (AvgIpc) is 2.92. The number of hydrogen-bond acceptors (Lipinski definition) is 9. The van der Waals surface area contributed by atoms with Gasteiger partial charge in [-0.25, -0.2) is 20.5 Å². The van der Waals surface area contributed by atoms with Gasteiger partial charge in [-0.2, -0.15) is 0 Å². The van der Waals surface area contributed by atoms with Crippen molar-refractivity contribution in [1.82, 2.24) is 25.6 Å². The number of amides is 2. The van der Waals surface area contributed by atoms with Gasteiger partial charge in [0.15, 0.2) is 0 Å². The van der Waals surface area contributed by atoms with Crippen molar-refractivity contribution in [3.05, 3.63) is 88.8 Å². The van der Waals surface area contributed by atoms with E-state index in [0.29, 0.717) is 31.5 Å². The third-order valence-electron chi connectivity index (χ3n) is 6.22. The van der Waals surface area contributed by atoms with Gasteiger partial charge in [-0.05, 0) is 47.6 Å². The van der Waals surface area contributed by atoms with E-state index in [1.807, 2.05) is 12.1 Å². The van der Waals surface area contributed by atoms with Crippen LogP contribution < -0.4 is 33.8 Å². The third-order valence-corrected chi connectivity index (χ3v) is 6.22. The number of nitrogens with one attached hydrogen (secondary N) is 2. The molecule has 0 unspecified atom stereocenters. The zero-order valence-corrected chi connectivity index (χ0v) is 24.7. The molecule has 0 saturated heterocycles. The molecular weight excluding hydrogens is 544 g/mol. The fourth-order valence-corrected chi connectivity index (χ4v) is 3.75. The van der Waals surface area contributed by atoms with Crippen LogP contribution in [0.3, 0.4) is 0 Å². The summed E-state index contributed by atoms with van der Waals surface area (Å²) in [6.45, 7) is 8.14. The van der Waals surface area contributed by atoms with Gasteiger partial charge in [-0.15, -0.1) is 0 Å². The first kappa shape index (κ1) is 34.0. The molecule has 13 heteroatoms. The fourth-order valence-electron chi connectivity index (χ4n) is 3.75. The molecule has 0 aliphatic carbocycles. The number of carbonyl (C=O) groups excluding carboxylic acids is 2. The second-order valence-electron chi connectivity index (χ2n) is 11.1. The van der Waals surface area contributed by atoms with E-state index in [1.165, 1.54) is 40.6 Å². The van der Waals surface area contributed by atoms with Crippen LogP contribution in [0.4, 0.5) is 8.78 Å². The maximum atomic E-state index is 13.5. The number of pyridine rings is 1. The Morgan fingerprint density at radius 1 is 0.857 bits per heavy atom. The lowest BCUT2D eigenvalue weighted by Gasteiger charge is -2.19. The van der Waals surface area contributed by atoms with Crippen LogP contribution in [0.5, 0.6) is 0 Å². The first-order valence-corrected chi connectivity index (χ1v) is 13.5. The lowest BCUT2D eigenvalue weighted by Crippen LogP contribution is -2.34. The lowest BCUT2D eigenvalue weighted by molar-refractivity contribution is -0.118. The van der Waals surface area contributed by atoms with Crippen molar-refractivity contribution >= 4 is 11.8 Å². The van der Waals surface area contributed by atoms with Crippen LogP contribution in [-0.2, 0) is 34.0 Å². The average molecular weight is 588 g/mol. The van der Waals surface area contributed by atoms with E-state index in [4.69, 9.17) is 23.2 Å². The van der Waals surface area contributed by atoms with Crippen LogP contribution in [-0.4, -0.2) is 39.9 Å². The molecule has 0 aliphatic rings. The van der Waals surface area contributed by atoms with E-state index < -0.39 is 17.7 Å². The first-order chi connectivity index (χ1) is 19.6. The highest BCUT2D eigenvalue weighted by molar-refractivity contribution is 5.92. The summed E-state index contributed by atoms with van der Waals surface area (Å²) in [5.74, 6) is 7.85. The Morgan fingerprint density at radius 3 is 1.93 bits per heavy atom. The van der Waals surface area contributed by atoms with Gasteiger partial charge >= 0.3 is 0 Å². The van der Waals surface area contributed by atoms with Crippen molar-refractivity contribution in [3.63, 3.8) is 0 Å². The number of nitrogens with zero attached hydrogens (tertiary/aromatic N) is 3. The Kier molecular flexibility index (Phi) is 12.2. The van der Waals surface area contributed by atoms with Crippen LogP contribution in [0.25, 0.3) is 0 Å². The minimum Gasteiger partial charge on any atom is -0.393 e. The third kappa shape index (κ3) is 11.7. The van der Waals surface area contributed by atoms with Gasteiger partial charge < -0.3 is 32.1 Å². The number of rotatable bonds is 14. The molecule has 0 atom stereocenters. The van der Waals surface area contributed by atoms with Gasteiger partial charge in [0.2, 0.25) is 0 Å². The molecule has 2 aromatic rings. The first-order valence-electron chi connectivity index (χ1n) is 13.5. The molecule has 0 aliphatic heterocycles. The summed E-state index contributed by atoms with van der Waals surface area (Å²) in [5, 5.41) is 7.91. The van der Waals surface area contributed by atoms with Gasteiger partial charge in [0.25, 0.3) is 17.7 Å².